The van der Waals surface area contributed by atoms with Crippen LogP contribution in [-0.4, -0.2) is 16.8 Å². The van der Waals surface area contributed by atoms with Gasteiger partial charge < -0.3 is 11.1 Å². The molecule has 2 aromatic rings. The summed E-state index contributed by atoms with van der Waals surface area (Å²) in [6, 6.07) is 11.6. The molecule has 5 nitrogen and oxygen atoms in total. The molecule has 3 N–H and O–H groups in total. The van der Waals surface area contributed by atoms with E-state index in [-0.39, 0.29) is 23.3 Å². The molecule has 0 bridgehead atoms. The van der Waals surface area contributed by atoms with Crippen LogP contribution in [0.2, 0.25) is 5.15 Å². The second-order valence-electron chi connectivity index (χ2n) is 4.09. The van der Waals surface area contributed by atoms with Crippen LogP contribution in [0.4, 0.5) is 0 Å². The van der Waals surface area contributed by atoms with E-state index in [1.165, 1.54) is 0 Å². The average Bonchev–Trinajstić information content (AvgIpc) is 2.45. The average molecular weight is 290 g/mol. The van der Waals surface area contributed by atoms with E-state index in [1.54, 1.807) is 42.5 Å². The zero-order chi connectivity index (χ0) is 14.5. The van der Waals surface area contributed by atoms with E-state index in [2.05, 4.69) is 10.3 Å². The Balaban J connectivity index is 2.03. The van der Waals surface area contributed by atoms with E-state index in [0.29, 0.717) is 5.56 Å². The Morgan fingerprint density at radius 2 is 1.95 bits per heavy atom. The van der Waals surface area contributed by atoms with Crippen molar-refractivity contribution in [1.82, 2.24) is 10.3 Å². The molecule has 0 aliphatic carbocycles. The lowest BCUT2D eigenvalue weighted by atomic mass is 10.1. The van der Waals surface area contributed by atoms with Crippen LogP contribution >= 0.6 is 11.6 Å². The molecule has 0 atom stereocenters. The number of halogens is 1. The number of benzene rings is 1. The molecule has 102 valence electrons. The molecule has 1 aromatic carbocycles. The number of primary amides is 1. The molecule has 2 amide bonds. The van der Waals surface area contributed by atoms with Gasteiger partial charge in [-0.15, -0.1) is 0 Å². The van der Waals surface area contributed by atoms with Gasteiger partial charge in [0.2, 0.25) is 5.91 Å². The van der Waals surface area contributed by atoms with Gasteiger partial charge in [0.1, 0.15) is 10.8 Å². The number of hydrogen-bond acceptors (Lipinski definition) is 3. The number of carbonyl (C=O) groups excluding carboxylic acids is 2. The second-order valence-corrected chi connectivity index (χ2v) is 4.48. The Bertz CT molecular complexity index is 658. The van der Waals surface area contributed by atoms with Crippen LogP contribution in [0, 0.1) is 0 Å². The highest BCUT2D eigenvalue weighted by molar-refractivity contribution is 6.29. The highest BCUT2D eigenvalue weighted by Crippen LogP contribution is 2.07. The standard InChI is InChI=1S/C14H12ClN3O2/c15-12-6-2-5-11(18-12)14(20)17-8-9-3-1-4-10(7-9)13(16)19/h1-7H,8H2,(H2,16,19)(H,17,20). The molecule has 0 aliphatic heterocycles. The summed E-state index contributed by atoms with van der Waals surface area (Å²) < 4.78 is 0. The fourth-order valence-corrected chi connectivity index (χ4v) is 1.81. The van der Waals surface area contributed by atoms with E-state index >= 15 is 0 Å². The van der Waals surface area contributed by atoms with Gasteiger partial charge in [-0.25, -0.2) is 4.98 Å². The summed E-state index contributed by atoms with van der Waals surface area (Å²) in [5, 5.41) is 2.95. The smallest absolute Gasteiger partial charge is 0.270 e. The molecule has 20 heavy (non-hydrogen) atoms. The SMILES string of the molecule is NC(=O)c1cccc(CNC(=O)c2cccc(Cl)n2)c1. The third-order valence-electron chi connectivity index (χ3n) is 2.61. The van der Waals surface area contributed by atoms with Crippen LogP contribution in [0.15, 0.2) is 42.5 Å². The molecule has 0 unspecified atom stereocenters. The topological polar surface area (TPSA) is 85.1 Å². The Morgan fingerprint density at radius 3 is 2.65 bits per heavy atom. The monoisotopic (exact) mass is 289 g/mol. The summed E-state index contributed by atoms with van der Waals surface area (Å²) in [4.78, 5) is 26.8. The third-order valence-corrected chi connectivity index (χ3v) is 2.82. The lowest BCUT2D eigenvalue weighted by Crippen LogP contribution is -2.24. The number of nitrogens with zero attached hydrogens (tertiary/aromatic N) is 1. The third kappa shape index (κ3) is 3.55. The maximum absolute atomic E-state index is 11.9. The summed E-state index contributed by atoms with van der Waals surface area (Å²) in [7, 11) is 0. The molecule has 0 saturated heterocycles. The molecule has 0 radical (unpaired) electrons. The zero-order valence-electron chi connectivity index (χ0n) is 10.5. The van der Waals surface area contributed by atoms with E-state index in [9.17, 15) is 9.59 Å². The summed E-state index contributed by atoms with van der Waals surface area (Å²) in [6.07, 6.45) is 0. The summed E-state index contributed by atoms with van der Waals surface area (Å²) in [5.41, 5.74) is 6.61. The van der Waals surface area contributed by atoms with Gasteiger partial charge in [0.25, 0.3) is 5.91 Å². The highest BCUT2D eigenvalue weighted by Gasteiger charge is 2.08. The van der Waals surface area contributed by atoms with Crippen molar-refractivity contribution in [2.24, 2.45) is 5.73 Å². The van der Waals surface area contributed by atoms with Gasteiger partial charge in [0, 0.05) is 12.1 Å². The lowest BCUT2D eigenvalue weighted by molar-refractivity contribution is 0.0945. The predicted molar refractivity (Wildman–Crippen MR) is 75.4 cm³/mol. The fourth-order valence-electron chi connectivity index (χ4n) is 1.64. The molecule has 0 spiro atoms. The molecule has 1 heterocycles. The van der Waals surface area contributed by atoms with Crippen LogP contribution in [0.25, 0.3) is 0 Å². The van der Waals surface area contributed by atoms with Crippen molar-refractivity contribution in [3.05, 3.63) is 64.4 Å². The van der Waals surface area contributed by atoms with Gasteiger partial charge in [-0.3, -0.25) is 9.59 Å². The van der Waals surface area contributed by atoms with Crippen molar-refractivity contribution >= 4 is 23.4 Å². The summed E-state index contributed by atoms with van der Waals surface area (Å²) in [5.74, 6) is -0.841. The zero-order valence-corrected chi connectivity index (χ0v) is 11.2. The van der Waals surface area contributed by atoms with Crippen LogP contribution in [-0.2, 0) is 6.54 Å². The normalized spacial score (nSPS) is 10.1. The molecular formula is C14H12ClN3O2. The van der Waals surface area contributed by atoms with E-state index < -0.39 is 5.91 Å². The number of nitrogens with one attached hydrogen (secondary N) is 1. The number of nitrogens with two attached hydrogens (primary N) is 1. The molecule has 2 rings (SSSR count). The number of rotatable bonds is 4. The Kier molecular flexibility index (Phi) is 4.32. The number of carbonyl (C=O) groups is 2. The van der Waals surface area contributed by atoms with Gasteiger partial charge in [-0.2, -0.15) is 0 Å². The van der Waals surface area contributed by atoms with Crippen LogP contribution < -0.4 is 11.1 Å². The maximum Gasteiger partial charge on any atom is 0.270 e. The minimum absolute atomic E-state index is 0.239. The van der Waals surface area contributed by atoms with Crippen LogP contribution in [0.3, 0.4) is 0 Å². The second kappa shape index (κ2) is 6.16. The van der Waals surface area contributed by atoms with Crippen LogP contribution in [0.1, 0.15) is 26.4 Å². The quantitative estimate of drug-likeness (QED) is 0.841. The Morgan fingerprint density at radius 1 is 1.20 bits per heavy atom. The van der Waals surface area contributed by atoms with E-state index in [4.69, 9.17) is 17.3 Å². The van der Waals surface area contributed by atoms with Crippen molar-refractivity contribution < 1.29 is 9.59 Å². The van der Waals surface area contributed by atoms with Crippen molar-refractivity contribution in [3.63, 3.8) is 0 Å². The highest BCUT2D eigenvalue weighted by atomic mass is 35.5. The first-order valence-corrected chi connectivity index (χ1v) is 6.23. The lowest BCUT2D eigenvalue weighted by Gasteiger charge is -2.06. The van der Waals surface area contributed by atoms with Crippen molar-refractivity contribution in [2.75, 3.05) is 0 Å². The summed E-state index contributed by atoms with van der Waals surface area (Å²) in [6.45, 7) is 0.272. The summed E-state index contributed by atoms with van der Waals surface area (Å²) >= 11 is 5.72. The number of hydrogen-bond donors (Lipinski definition) is 2. The van der Waals surface area contributed by atoms with Gasteiger partial charge >= 0.3 is 0 Å². The number of pyridine rings is 1. The van der Waals surface area contributed by atoms with E-state index in [1.807, 2.05) is 0 Å². The maximum atomic E-state index is 11.9. The Labute approximate surface area is 120 Å². The first-order valence-electron chi connectivity index (χ1n) is 5.86. The Hall–Kier alpha value is -2.40. The number of aromatic nitrogens is 1. The van der Waals surface area contributed by atoms with Gasteiger partial charge in [-0.05, 0) is 29.8 Å². The van der Waals surface area contributed by atoms with Crippen molar-refractivity contribution in [3.8, 4) is 0 Å². The molecule has 0 fully saturated rings. The van der Waals surface area contributed by atoms with E-state index in [0.717, 1.165) is 5.56 Å². The van der Waals surface area contributed by atoms with Gasteiger partial charge in [0.15, 0.2) is 0 Å². The minimum atomic E-state index is -0.505. The largest absolute Gasteiger partial charge is 0.366 e. The molecule has 1 aromatic heterocycles. The van der Waals surface area contributed by atoms with Gasteiger partial charge in [0.05, 0.1) is 0 Å². The van der Waals surface area contributed by atoms with Crippen LogP contribution in [0.5, 0.6) is 0 Å². The van der Waals surface area contributed by atoms with Gasteiger partial charge in [-0.1, -0.05) is 29.8 Å². The molecular weight excluding hydrogens is 278 g/mol. The first-order chi connectivity index (χ1) is 9.56. The fraction of sp³-hybridized carbons (Fsp3) is 0.0714. The minimum Gasteiger partial charge on any atom is -0.366 e. The molecule has 6 heteroatoms. The number of amides is 2. The van der Waals surface area contributed by atoms with Crippen molar-refractivity contribution in [1.29, 1.82) is 0 Å². The predicted octanol–water partition coefficient (Wildman–Crippen LogP) is 1.76. The first kappa shape index (κ1) is 14.0. The molecule has 0 aliphatic rings. The molecule has 0 saturated carbocycles. The van der Waals surface area contributed by atoms with Crippen molar-refractivity contribution in [2.45, 2.75) is 6.54 Å².